The largest absolute Gasteiger partial charge is 0.407 e. The first-order valence-corrected chi connectivity index (χ1v) is 17.6. The van der Waals surface area contributed by atoms with Gasteiger partial charge in [-0.1, -0.05) is 89.2 Å². The minimum Gasteiger partial charge on any atom is -0.407 e. The molecule has 0 saturated carbocycles. The quantitative estimate of drug-likeness (QED) is 0.139. The van der Waals surface area contributed by atoms with Crippen molar-refractivity contribution in [3.63, 3.8) is 0 Å². The van der Waals surface area contributed by atoms with Crippen molar-refractivity contribution in [3.8, 4) is 17.3 Å². The van der Waals surface area contributed by atoms with Gasteiger partial charge in [0.05, 0.1) is 29.1 Å². The van der Waals surface area contributed by atoms with Crippen LogP contribution in [-0.2, 0) is 27.5 Å². The van der Waals surface area contributed by atoms with Gasteiger partial charge in [0, 0.05) is 42.9 Å². The number of ether oxygens (including phenoxy) is 1. The molecule has 46 heavy (non-hydrogen) atoms. The monoisotopic (exact) mass is 628 g/mol. The van der Waals surface area contributed by atoms with Crippen LogP contribution >= 0.6 is 0 Å². The van der Waals surface area contributed by atoms with Crippen LogP contribution in [0.15, 0.2) is 91.1 Å². The maximum absolute atomic E-state index is 10.3. The third kappa shape index (κ3) is 7.18. The molecule has 2 aromatic heterocycles. The Hall–Kier alpha value is -4.02. The first kappa shape index (κ1) is 33.3. The van der Waals surface area contributed by atoms with Gasteiger partial charge < -0.3 is 13.7 Å². The number of hydrogen-bond acceptors (Lipinski definition) is 4. The predicted molar refractivity (Wildman–Crippen MR) is 191 cm³/mol. The number of nitrogens with zero attached hydrogens (tertiary/aromatic N) is 3. The van der Waals surface area contributed by atoms with Crippen LogP contribution in [0.25, 0.3) is 22.2 Å². The van der Waals surface area contributed by atoms with Crippen molar-refractivity contribution in [2.75, 3.05) is 13.7 Å². The van der Waals surface area contributed by atoms with Gasteiger partial charge in [-0.15, -0.1) is 0 Å². The van der Waals surface area contributed by atoms with E-state index in [0.29, 0.717) is 12.2 Å². The van der Waals surface area contributed by atoms with Gasteiger partial charge in [0.2, 0.25) is 0 Å². The van der Waals surface area contributed by atoms with Gasteiger partial charge in [-0.3, -0.25) is 4.98 Å². The molecule has 0 fully saturated rings. The van der Waals surface area contributed by atoms with Crippen LogP contribution < -0.4 is 10.4 Å². The molecule has 0 saturated heterocycles. The molecule has 5 nitrogen and oxygen atoms in total. The number of rotatable bonds is 11. The van der Waals surface area contributed by atoms with Crippen molar-refractivity contribution < 1.29 is 9.16 Å². The summed E-state index contributed by atoms with van der Waals surface area (Å²) in [6.07, 6.45) is 2.40. The number of benzene rings is 3. The van der Waals surface area contributed by atoms with E-state index >= 15 is 0 Å². The molecule has 0 aliphatic heterocycles. The van der Waals surface area contributed by atoms with Crippen molar-refractivity contribution in [1.82, 2.24) is 9.55 Å². The van der Waals surface area contributed by atoms with Gasteiger partial charge in [-0.2, -0.15) is 5.26 Å². The molecule has 0 amide bonds. The van der Waals surface area contributed by atoms with Crippen LogP contribution in [0.3, 0.4) is 0 Å². The average molecular weight is 629 g/mol. The van der Waals surface area contributed by atoms with Crippen molar-refractivity contribution >= 4 is 30.3 Å². The third-order valence-electron chi connectivity index (χ3n) is 8.74. The number of aromatic nitrogens is 2. The number of methoxy groups -OCH3 is 1. The number of aryl methyl sites for hydroxylation is 1. The lowest BCUT2D eigenvalue weighted by atomic mass is 9.85. The maximum Gasteiger partial charge on any atom is 0.282 e. The SMILES string of the molecule is CCn1c(-c2cccnc2[C@H](C)OC)cc2cc(C#N)c(CC(C)(C)CO[Si](c3ccccc3)c3ccc(C(C)(C)C)cc3)cc21. The van der Waals surface area contributed by atoms with Crippen LogP contribution in [0.4, 0.5) is 0 Å². The Labute approximate surface area is 276 Å². The molecule has 1 atom stereocenters. The third-order valence-corrected chi connectivity index (χ3v) is 10.9. The molecule has 0 bridgehead atoms. The molecule has 3 aromatic carbocycles. The Morgan fingerprint density at radius 1 is 0.913 bits per heavy atom. The minimum atomic E-state index is -1.47. The van der Waals surface area contributed by atoms with E-state index in [0.717, 1.165) is 46.4 Å². The zero-order valence-electron chi connectivity index (χ0n) is 28.5. The summed E-state index contributed by atoms with van der Waals surface area (Å²) in [4.78, 5) is 4.66. The maximum atomic E-state index is 10.3. The van der Waals surface area contributed by atoms with E-state index in [1.54, 1.807) is 7.11 Å². The molecule has 0 spiro atoms. The van der Waals surface area contributed by atoms with E-state index in [-0.39, 0.29) is 16.9 Å². The zero-order chi connectivity index (χ0) is 33.1. The fourth-order valence-electron chi connectivity index (χ4n) is 6.12. The van der Waals surface area contributed by atoms with Crippen LogP contribution in [0.1, 0.15) is 77.0 Å². The second-order valence-electron chi connectivity index (χ2n) is 13.9. The van der Waals surface area contributed by atoms with Gasteiger partial charge in [-0.25, -0.2) is 0 Å². The summed E-state index contributed by atoms with van der Waals surface area (Å²) in [6.45, 7) is 16.8. The summed E-state index contributed by atoms with van der Waals surface area (Å²) < 4.78 is 14.9. The van der Waals surface area contributed by atoms with Crippen molar-refractivity contribution in [2.24, 2.45) is 5.41 Å². The highest BCUT2D eigenvalue weighted by atomic mass is 28.3. The smallest absolute Gasteiger partial charge is 0.282 e. The van der Waals surface area contributed by atoms with E-state index in [2.05, 4.69) is 130 Å². The lowest BCUT2D eigenvalue weighted by Crippen LogP contribution is -2.46. The molecule has 0 aliphatic carbocycles. The molecule has 0 N–H and O–H groups in total. The topological polar surface area (TPSA) is 60.1 Å². The fraction of sp³-hybridized carbons (Fsp3) is 0.350. The highest BCUT2D eigenvalue weighted by Gasteiger charge is 2.27. The zero-order valence-corrected chi connectivity index (χ0v) is 29.5. The van der Waals surface area contributed by atoms with Gasteiger partial charge in [0.1, 0.15) is 0 Å². The van der Waals surface area contributed by atoms with E-state index < -0.39 is 9.04 Å². The van der Waals surface area contributed by atoms with E-state index in [9.17, 15) is 5.26 Å². The Morgan fingerprint density at radius 3 is 2.24 bits per heavy atom. The molecule has 6 heteroatoms. The van der Waals surface area contributed by atoms with Gasteiger partial charge in [0.25, 0.3) is 9.04 Å². The summed E-state index contributed by atoms with van der Waals surface area (Å²) in [5.74, 6) is 0. The lowest BCUT2D eigenvalue weighted by Gasteiger charge is -2.28. The molecule has 5 aromatic rings. The Balaban J connectivity index is 1.46. The second kappa shape index (κ2) is 13.8. The van der Waals surface area contributed by atoms with Gasteiger partial charge in [-0.05, 0) is 82.9 Å². The lowest BCUT2D eigenvalue weighted by molar-refractivity contribution is 0.116. The standard InChI is InChI=1S/C40H46N3O2Si/c1-9-43-36-24-30(31(26-41)22-29(36)23-37(43)35-16-13-21-42-38(35)28(2)44-8)25-40(6,7)27-45-46(33-14-11-10-12-15-33)34-19-17-32(18-20-34)39(3,4)5/h10-24,28H,9,25,27H2,1-8H3/t28-/m0/s1. The Kier molecular flexibility index (Phi) is 9.98. The number of hydrogen-bond donors (Lipinski definition) is 0. The first-order valence-electron chi connectivity index (χ1n) is 16.2. The van der Waals surface area contributed by atoms with Crippen molar-refractivity contribution in [1.29, 1.82) is 5.26 Å². The summed E-state index contributed by atoms with van der Waals surface area (Å²) >= 11 is 0. The Morgan fingerprint density at radius 2 is 1.61 bits per heavy atom. The second-order valence-corrected chi connectivity index (χ2v) is 16.0. The predicted octanol–water partition coefficient (Wildman–Crippen LogP) is 7.99. The van der Waals surface area contributed by atoms with Crippen LogP contribution in [0, 0.1) is 16.7 Å². The van der Waals surface area contributed by atoms with E-state index in [4.69, 9.17) is 9.16 Å². The summed E-state index contributed by atoms with van der Waals surface area (Å²) in [7, 11) is 0.239. The Bertz CT molecular complexity index is 1830. The molecule has 0 aliphatic rings. The molecular weight excluding hydrogens is 583 g/mol. The molecule has 1 radical (unpaired) electrons. The van der Waals surface area contributed by atoms with Crippen LogP contribution in [0.5, 0.6) is 0 Å². The van der Waals surface area contributed by atoms with Crippen molar-refractivity contribution in [2.45, 2.75) is 73.0 Å². The highest BCUT2D eigenvalue weighted by Crippen LogP contribution is 2.35. The van der Waals surface area contributed by atoms with Gasteiger partial charge >= 0.3 is 0 Å². The fourth-order valence-corrected chi connectivity index (χ4v) is 8.28. The number of fused-ring (bicyclic) bond motifs is 1. The average Bonchev–Trinajstić information content (AvgIpc) is 3.41. The molecular formula is C40H46N3O2Si. The van der Waals surface area contributed by atoms with E-state index in [1.807, 2.05) is 25.3 Å². The van der Waals surface area contributed by atoms with Crippen LogP contribution in [-0.4, -0.2) is 32.3 Å². The van der Waals surface area contributed by atoms with E-state index in [1.165, 1.54) is 15.9 Å². The minimum absolute atomic E-state index is 0.0988. The normalized spacial score (nSPS) is 12.9. The number of nitriles is 1. The summed E-state index contributed by atoms with van der Waals surface area (Å²) in [5.41, 5.74) is 7.13. The first-order chi connectivity index (χ1) is 22.0. The van der Waals surface area contributed by atoms with Crippen LogP contribution in [0.2, 0.25) is 0 Å². The van der Waals surface area contributed by atoms with Crippen molar-refractivity contribution in [3.05, 3.63) is 114 Å². The molecule has 0 unspecified atom stereocenters. The van der Waals surface area contributed by atoms with Gasteiger partial charge in [0.15, 0.2) is 0 Å². The molecule has 237 valence electrons. The molecule has 5 rings (SSSR count). The molecule has 2 heterocycles. The highest BCUT2D eigenvalue weighted by molar-refractivity contribution is 6.80. The number of pyridine rings is 1. The summed E-state index contributed by atoms with van der Waals surface area (Å²) in [5, 5.41) is 13.8. The summed E-state index contributed by atoms with van der Waals surface area (Å²) in [6, 6.07) is 32.6.